The molecule has 112 valence electrons. The second kappa shape index (κ2) is 6.64. The van der Waals surface area contributed by atoms with Crippen molar-refractivity contribution in [2.75, 3.05) is 0 Å². The summed E-state index contributed by atoms with van der Waals surface area (Å²) in [6, 6.07) is 7.41. The molecule has 1 nitrogen and oxygen atoms in total. The fourth-order valence-electron chi connectivity index (χ4n) is 3.12. The Bertz CT molecular complexity index is 430. The van der Waals surface area contributed by atoms with E-state index in [0.717, 1.165) is 15.6 Å². The number of rotatable bonds is 3. The van der Waals surface area contributed by atoms with Crippen LogP contribution in [0.5, 0.6) is 0 Å². The van der Waals surface area contributed by atoms with Crippen molar-refractivity contribution in [1.82, 2.24) is 0 Å². The average molecular weight is 397 g/mol. The summed E-state index contributed by atoms with van der Waals surface area (Å²) in [5.74, 6) is -1.67. The zero-order valence-electron chi connectivity index (χ0n) is 11.2. The van der Waals surface area contributed by atoms with E-state index < -0.39 is 24.1 Å². The standard InChI is InChI=1S/C15H19F3IN/c16-15(17,18)13-4-2-1-3-12(13)14(20)9-10-5-7-11(19)8-6-10/h5-8,12-14H,1-4,9,20H2. The van der Waals surface area contributed by atoms with Crippen molar-refractivity contribution in [1.29, 1.82) is 0 Å². The molecule has 1 fully saturated rings. The third-order valence-electron chi connectivity index (χ3n) is 4.17. The normalized spacial score (nSPS) is 25.4. The van der Waals surface area contributed by atoms with Crippen molar-refractivity contribution in [2.45, 2.75) is 44.3 Å². The van der Waals surface area contributed by atoms with Gasteiger partial charge in [0.15, 0.2) is 0 Å². The zero-order chi connectivity index (χ0) is 14.8. The number of hydrogen-bond donors (Lipinski definition) is 1. The predicted molar refractivity (Wildman–Crippen MR) is 82.3 cm³/mol. The monoisotopic (exact) mass is 397 g/mol. The van der Waals surface area contributed by atoms with Crippen LogP contribution in [0.4, 0.5) is 13.2 Å². The molecule has 0 aromatic heterocycles. The van der Waals surface area contributed by atoms with Crippen LogP contribution in [-0.2, 0) is 6.42 Å². The average Bonchev–Trinajstić information content (AvgIpc) is 2.40. The Kier molecular flexibility index (Phi) is 5.34. The summed E-state index contributed by atoms with van der Waals surface area (Å²) in [5.41, 5.74) is 7.12. The van der Waals surface area contributed by atoms with Crippen molar-refractivity contribution in [3.05, 3.63) is 33.4 Å². The Balaban J connectivity index is 2.06. The largest absolute Gasteiger partial charge is 0.392 e. The fourth-order valence-corrected chi connectivity index (χ4v) is 3.48. The summed E-state index contributed by atoms with van der Waals surface area (Å²) in [5, 5.41) is 0. The summed E-state index contributed by atoms with van der Waals surface area (Å²) in [4.78, 5) is 0. The van der Waals surface area contributed by atoms with Crippen molar-refractivity contribution >= 4 is 22.6 Å². The van der Waals surface area contributed by atoms with Crippen LogP contribution < -0.4 is 5.73 Å². The van der Waals surface area contributed by atoms with Gasteiger partial charge in [-0.1, -0.05) is 25.0 Å². The number of alkyl halides is 3. The molecule has 0 heterocycles. The molecule has 3 atom stereocenters. The Hall–Kier alpha value is -0.300. The highest BCUT2D eigenvalue weighted by atomic mass is 127. The van der Waals surface area contributed by atoms with E-state index in [1.807, 2.05) is 24.3 Å². The van der Waals surface area contributed by atoms with Gasteiger partial charge in [-0.2, -0.15) is 13.2 Å². The minimum atomic E-state index is -4.12. The van der Waals surface area contributed by atoms with Crippen LogP contribution >= 0.6 is 22.6 Å². The molecular weight excluding hydrogens is 378 g/mol. The van der Waals surface area contributed by atoms with Gasteiger partial charge < -0.3 is 5.73 Å². The molecular formula is C15H19F3IN. The van der Waals surface area contributed by atoms with E-state index in [1.54, 1.807) is 0 Å². The molecule has 1 aliphatic carbocycles. The Labute approximate surface area is 131 Å². The summed E-state index contributed by atoms with van der Waals surface area (Å²) < 4.78 is 40.4. The van der Waals surface area contributed by atoms with Crippen molar-refractivity contribution in [3.8, 4) is 0 Å². The van der Waals surface area contributed by atoms with E-state index in [4.69, 9.17) is 5.73 Å². The highest BCUT2D eigenvalue weighted by Crippen LogP contribution is 2.42. The van der Waals surface area contributed by atoms with E-state index in [1.165, 1.54) is 0 Å². The molecule has 0 saturated heterocycles. The van der Waals surface area contributed by atoms with Crippen molar-refractivity contribution in [3.63, 3.8) is 0 Å². The van der Waals surface area contributed by atoms with E-state index in [9.17, 15) is 13.2 Å². The van der Waals surface area contributed by atoms with Crippen LogP contribution in [0.1, 0.15) is 31.2 Å². The van der Waals surface area contributed by atoms with Crippen LogP contribution in [0, 0.1) is 15.4 Å². The highest BCUT2D eigenvalue weighted by molar-refractivity contribution is 14.1. The van der Waals surface area contributed by atoms with E-state index >= 15 is 0 Å². The summed E-state index contributed by atoms with van der Waals surface area (Å²) in [7, 11) is 0. The lowest BCUT2D eigenvalue weighted by atomic mass is 9.73. The third kappa shape index (κ3) is 4.10. The first-order valence-electron chi connectivity index (χ1n) is 6.94. The van der Waals surface area contributed by atoms with Gasteiger partial charge in [-0.25, -0.2) is 0 Å². The lowest BCUT2D eigenvalue weighted by Crippen LogP contribution is -2.44. The van der Waals surface area contributed by atoms with Gasteiger partial charge in [0.25, 0.3) is 0 Å². The summed E-state index contributed by atoms with van der Waals surface area (Å²) >= 11 is 2.21. The van der Waals surface area contributed by atoms with Crippen LogP contribution in [0.15, 0.2) is 24.3 Å². The fraction of sp³-hybridized carbons (Fsp3) is 0.600. The Morgan fingerprint density at radius 1 is 1.15 bits per heavy atom. The maximum atomic E-state index is 13.1. The summed E-state index contributed by atoms with van der Waals surface area (Å²) in [6.07, 6.45) is -1.25. The van der Waals surface area contributed by atoms with Gasteiger partial charge in [-0.3, -0.25) is 0 Å². The third-order valence-corrected chi connectivity index (χ3v) is 4.89. The molecule has 5 heteroatoms. The van der Waals surface area contributed by atoms with Gasteiger partial charge in [0.1, 0.15) is 0 Å². The first-order valence-corrected chi connectivity index (χ1v) is 8.02. The SMILES string of the molecule is NC(Cc1ccc(I)cc1)C1CCCCC1C(F)(F)F. The second-order valence-corrected chi connectivity index (χ2v) is 6.84. The molecule has 0 spiro atoms. The maximum absolute atomic E-state index is 13.1. The number of nitrogens with two attached hydrogens (primary N) is 1. The molecule has 1 aromatic carbocycles. The Morgan fingerprint density at radius 3 is 2.35 bits per heavy atom. The van der Waals surface area contributed by atoms with E-state index in [2.05, 4.69) is 22.6 Å². The van der Waals surface area contributed by atoms with Gasteiger partial charge in [-0.05, 0) is 65.5 Å². The molecule has 2 rings (SSSR count). The molecule has 3 unspecified atom stereocenters. The van der Waals surface area contributed by atoms with E-state index in [0.29, 0.717) is 19.3 Å². The molecule has 1 aromatic rings. The lowest BCUT2D eigenvalue weighted by Gasteiger charge is -2.36. The number of hydrogen-bond acceptors (Lipinski definition) is 1. The molecule has 1 aliphatic rings. The van der Waals surface area contributed by atoms with Gasteiger partial charge >= 0.3 is 6.18 Å². The molecule has 1 saturated carbocycles. The maximum Gasteiger partial charge on any atom is 0.392 e. The topological polar surface area (TPSA) is 26.0 Å². The van der Waals surface area contributed by atoms with Gasteiger partial charge in [0, 0.05) is 9.61 Å². The van der Waals surface area contributed by atoms with Gasteiger partial charge in [0.05, 0.1) is 5.92 Å². The summed E-state index contributed by atoms with van der Waals surface area (Å²) in [6.45, 7) is 0. The zero-order valence-corrected chi connectivity index (χ0v) is 13.3. The first-order chi connectivity index (χ1) is 9.38. The Morgan fingerprint density at radius 2 is 1.75 bits per heavy atom. The molecule has 2 N–H and O–H groups in total. The molecule has 0 aliphatic heterocycles. The predicted octanol–water partition coefficient (Wildman–Crippen LogP) is 4.53. The van der Waals surface area contributed by atoms with Gasteiger partial charge in [-0.15, -0.1) is 0 Å². The highest BCUT2D eigenvalue weighted by Gasteiger charge is 2.47. The minimum Gasteiger partial charge on any atom is -0.327 e. The van der Waals surface area contributed by atoms with Crippen LogP contribution in [0.2, 0.25) is 0 Å². The molecule has 20 heavy (non-hydrogen) atoms. The number of benzene rings is 1. The van der Waals surface area contributed by atoms with Crippen LogP contribution in [-0.4, -0.2) is 12.2 Å². The van der Waals surface area contributed by atoms with E-state index in [-0.39, 0.29) is 6.42 Å². The van der Waals surface area contributed by atoms with Crippen molar-refractivity contribution < 1.29 is 13.2 Å². The van der Waals surface area contributed by atoms with Crippen LogP contribution in [0.3, 0.4) is 0 Å². The number of halogens is 4. The molecule has 0 amide bonds. The molecule has 0 radical (unpaired) electrons. The van der Waals surface area contributed by atoms with Crippen LogP contribution in [0.25, 0.3) is 0 Å². The second-order valence-electron chi connectivity index (χ2n) is 5.59. The molecule has 0 bridgehead atoms. The smallest absolute Gasteiger partial charge is 0.327 e. The minimum absolute atomic E-state index is 0.231. The lowest BCUT2D eigenvalue weighted by molar-refractivity contribution is -0.198. The quantitative estimate of drug-likeness (QED) is 0.746. The van der Waals surface area contributed by atoms with Crippen molar-refractivity contribution in [2.24, 2.45) is 17.6 Å². The first kappa shape index (κ1) is 16.1. The van der Waals surface area contributed by atoms with Gasteiger partial charge in [0.2, 0.25) is 0 Å².